The lowest BCUT2D eigenvalue weighted by Gasteiger charge is -2.39. The molecule has 176 valence electrons. The highest BCUT2D eigenvalue weighted by atomic mass is 32.1. The van der Waals surface area contributed by atoms with E-state index in [2.05, 4.69) is 23.3 Å². The first-order chi connectivity index (χ1) is 15.1. The minimum atomic E-state index is -1.49. The first kappa shape index (κ1) is 25.6. The molecule has 1 heterocycles. The van der Waals surface area contributed by atoms with Crippen LogP contribution < -0.4 is 16.4 Å². The van der Waals surface area contributed by atoms with Crippen LogP contribution in [-0.2, 0) is 32.1 Å². The molecule has 11 heteroatoms. The van der Waals surface area contributed by atoms with Gasteiger partial charge in [-0.05, 0) is 17.0 Å². The Bertz CT molecular complexity index is 864. The number of carboxylic acids is 1. The number of nitrogens with zero attached hydrogens (tertiary/aromatic N) is 1. The topological polar surface area (TPSA) is 162 Å². The standard InChI is InChI=1S/C21H30N4O6S/c1-11(2)17(24-18(27)14(22)10-32)20(29)25-8-13-6-4-3-5-12(13)7-16(25)19(28)23-15(9-26)21(30)31/h3-6,11,14-17,26,32H,7-10,22H2,1-2H3,(H,23,28)(H,24,27)(H,30,31)/t14-,15?,16?,17-/m0/s1. The summed E-state index contributed by atoms with van der Waals surface area (Å²) in [6, 6.07) is 2.98. The first-order valence-corrected chi connectivity index (χ1v) is 10.9. The maximum Gasteiger partial charge on any atom is 0.328 e. The highest BCUT2D eigenvalue weighted by Crippen LogP contribution is 2.25. The van der Waals surface area contributed by atoms with Crippen molar-refractivity contribution in [3.05, 3.63) is 35.4 Å². The number of hydrogen-bond donors (Lipinski definition) is 6. The number of carboxylic acid groups (broad SMARTS) is 1. The zero-order chi connectivity index (χ0) is 24.0. The van der Waals surface area contributed by atoms with Gasteiger partial charge in [-0.3, -0.25) is 14.4 Å². The summed E-state index contributed by atoms with van der Waals surface area (Å²) in [4.78, 5) is 51.4. The van der Waals surface area contributed by atoms with Crippen molar-refractivity contribution in [3.8, 4) is 0 Å². The molecule has 0 fully saturated rings. The number of aliphatic hydroxyl groups is 1. The van der Waals surface area contributed by atoms with Crippen LogP contribution in [0.5, 0.6) is 0 Å². The number of carbonyl (C=O) groups excluding carboxylic acids is 3. The molecule has 1 aromatic rings. The zero-order valence-corrected chi connectivity index (χ0v) is 18.9. The van der Waals surface area contributed by atoms with Gasteiger partial charge in [-0.1, -0.05) is 38.1 Å². The number of thiol groups is 1. The van der Waals surface area contributed by atoms with Gasteiger partial charge in [0.05, 0.1) is 12.6 Å². The fourth-order valence-corrected chi connectivity index (χ4v) is 3.64. The summed E-state index contributed by atoms with van der Waals surface area (Å²) in [6.45, 7) is 2.84. The number of rotatable bonds is 9. The molecule has 0 saturated heterocycles. The molecule has 0 bridgehead atoms. The lowest BCUT2D eigenvalue weighted by Crippen LogP contribution is -2.61. The second kappa shape index (κ2) is 11.3. The van der Waals surface area contributed by atoms with E-state index in [-0.39, 0.29) is 24.6 Å². The molecule has 0 aromatic heterocycles. The maximum absolute atomic E-state index is 13.5. The smallest absolute Gasteiger partial charge is 0.328 e. The molecule has 0 saturated carbocycles. The van der Waals surface area contributed by atoms with Gasteiger partial charge in [0.15, 0.2) is 0 Å². The average Bonchev–Trinajstić information content (AvgIpc) is 2.78. The Morgan fingerprint density at radius 3 is 2.34 bits per heavy atom. The molecule has 2 rings (SSSR count). The number of fused-ring (bicyclic) bond motifs is 1. The van der Waals surface area contributed by atoms with Crippen LogP contribution in [0.2, 0.25) is 0 Å². The number of carbonyl (C=O) groups is 4. The van der Waals surface area contributed by atoms with Crippen molar-refractivity contribution in [2.75, 3.05) is 12.4 Å². The average molecular weight is 467 g/mol. The number of hydrogen-bond acceptors (Lipinski definition) is 7. The fraction of sp³-hybridized carbons (Fsp3) is 0.524. The summed E-state index contributed by atoms with van der Waals surface area (Å²) in [5.74, 6) is -3.30. The van der Waals surface area contributed by atoms with Crippen LogP contribution >= 0.6 is 12.6 Å². The highest BCUT2D eigenvalue weighted by molar-refractivity contribution is 7.80. The molecule has 0 aliphatic carbocycles. The van der Waals surface area contributed by atoms with Crippen LogP contribution in [0, 0.1) is 5.92 Å². The lowest BCUT2D eigenvalue weighted by molar-refractivity contribution is -0.148. The van der Waals surface area contributed by atoms with E-state index in [1.165, 1.54) is 4.90 Å². The van der Waals surface area contributed by atoms with Crippen molar-refractivity contribution in [2.24, 2.45) is 11.7 Å². The van der Waals surface area contributed by atoms with Crippen LogP contribution in [0.25, 0.3) is 0 Å². The van der Waals surface area contributed by atoms with E-state index < -0.39 is 54.5 Å². The fourth-order valence-electron chi connectivity index (χ4n) is 3.48. The largest absolute Gasteiger partial charge is 0.480 e. The van der Waals surface area contributed by atoms with Crippen molar-refractivity contribution in [3.63, 3.8) is 0 Å². The molecule has 0 spiro atoms. The van der Waals surface area contributed by atoms with Gasteiger partial charge in [0.2, 0.25) is 17.7 Å². The van der Waals surface area contributed by atoms with E-state index in [9.17, 15) is 24.3 Å². The maximum atomic E-state index is 13.5. The molecule has 1 aliphatic heterocycles. The van der Waals surface area contributed by atoms with Crippen LogP contribution in [0.15, 0.2) is 24.3 Å². The summed E-state index contributed by atoms with van der Waals surface area (Å²) >= 11 is 4.01. The summed E-state index contributed by atoms with van der Waals surface area (Å²) in [6.07, 6.45) is 0.167. The van der Waals surface area contributed by atoms with E-state index >= 15 is 0 Å². The molecular formula is C21H30N4O6S. The van der Waals surface area contributed by atoms with Crippen LogP contribution in [0.3, 0.4) is 0 Å². The van der Waals surface area contributed by atoms with Gasteiger partial charge < -0.3 is 31.5 Å². The van der Waals surface area contributed by atoms with E-state index in [1.54, 1.807) is 13.8 Å². The van der Waals surface area contributed by atoms with Crippen molar-refractivity contribution in [1.82, 2.24) is 15.5 Å². The lowest BCUT2D eigenvalue weighted by atomic mass is 9.91. The summed E-state index contributed by atoms with van der Waals surface area (Å²) in [5, 5.41) is 23.4. The number of aliphatic carboxylic acids is 1. The molecular weight excluding hydrogens is 436 g/mol. The first-order valence-electron chi connectivity index (χ1n) is 10.3. The van der Waals surface area contributed by atoms with Crippen molar-refractivity contribution >= 4 is 36.3 Å². The number of benzene rings is 1. The minimum absolute atomic E-state index is 0.102. The third-order valence-electron chi connectivity index (χ3n) is 5.40. The molecule has 10 nitrogen and oxygen atoms in total. The van der Waals surface area contributed by atoms with Crippen LogP contribution in [0.1, 0.15) is 25.0 Å². The Morgan fingerprint density at radius 2 is 1.81 bits per heavy atom. The number of aliphatic hydroxyl groups excluding tert-OH is 1. The van der Waals surface area contributed by atoms with Crippen LogP contribution in [-0.4, -0.2) is 75.3 Å². The van der Waals surface area contributed by atoms with Gasteiger partial charge in [0, 0.05) is 18.7 Å². The molecule has 2 unspecified atom stereocenters. The second-order valence-electron chi connectivity index (χ2n) is 8.06. The second-order valence-corrected chi connectivity index (χ2v) is 8.42. The van der Waals surface area contributed by atoms with Crippen molar-refractivity contribution in [2.45, 2.75) is 51.0 Å². The van der Waals surface area contributed by atoms with Gasteiger partial charge in [-0.15, -0.1) is 0 Å². The Kier molecular flexibility index (Phi) is 9.05. The predicted octanol–water partition coefficient (Wildman–Crippen LogP) is -1.10. The van der Waals surface area contributed by atoms with Crippen molar-refractivity contribution < 1.29 is 29.4 Å². The van der Waals surface area contributed by atoms with Gasteiger partial charge in [-0.2, -0.15) is 12.6 Å². The van der Waals surface area contributed by atoms with E-state index in [0.29, 0.717) is 0 Å². The Hall–Kier alpha value is -2.63. The molecule has 32 heavy (non-hydrogen) atoms. The van der Waals surface area contributed by atoms with E-state index in [4.69, 9.17) is 10.8 Å². The Morgan fingerprint density at radius 1 is 1.19 bits per heavy atom. The molecule has 6 N–H and O–H groups in total. The number of amides is 3. The molecule has 1 aliphatic rings. The predicted molar refractivity (Wildman–Crippen MR) is 120 cm³/mol. The van der Waals surface area contributed by atoms with Gasteiger partial charge >= 0.3 is 5.97 Å². The highest BCUT2D eigenvalue weighted by Gasteiger charge is 2.40. The normalized spacial score (nSPS) is 18.3. The van der Waals surface area contributed by atoms with Crippen molar-refractivity contribution in [1.29, 1.82) is 0 Å². The van der Waals surface area contributed by atoms with E-state index in [1.807, 2.05) is 24.3 Å². The monoisotopic (exact) mass is 466 g/mol. The van der Waals surface area contributed by atoms with E-state index in [0.717, 1.165) is 11.1 Å². The van der Waals surface area contributed by atoms with Gasteiger partial charge in [0.25, 0.3) is 0 Å². The van der Waals surface area contributed by atoms with Crippen LogP contribution in [0.4, 0.5) is 0 Å². The Labute approximate surface area is 191 Å². The molecule has 0 radical (unpaired) electrons. The summed E-state index contributed by atoms with van der Waals surface area (Å²) in [5.41, 5.74) is 7.43. The third-order valence-corrected chi connectivity index (χ3v) is 5.79. The Balaban J connectivity index is 2.36. The molecule has 1 aromatic carbocycles. The van der Waals surface area contributed by atoms with Gasteiger partial charge in [0.1, 0.15) is 18.1 Å². The van der Waals surface area contributed by atoms with Gasteiger partial charge in [-0.25, -0.2) is 4.79 Å². The SMILES string of the molecule is CC(C)[C@H](NC(=O)[C@@H](N)CS)C(=O)N1Cc2ccccc2CC1C(=O)NC(CO)C(=O)O. The zero-order valence-electron chi connectivity index (χ0n) is 18.0. The number of nitrogens with one attached hydrogen (secondary N) is 2. The quantitative estimate of drug-likeness (QED) is 0.252. The minimum Gasteiger partial charge on any atom is -0.480 e. The summed E-state index contributed by atoms with van der Waals surface area (Å²) in [7, 11) is 0. The molecule has 3 amide bonds. The summed E-state index contributed by atoms with van der Waals surface area (Å²) < 4.78 is 0. The third kappa shape index (κ3) is 5.99. The molecule has 4 atom stereocenters. The number of nitrogens with two attached hydrogens (primary N) is 1.